The number of amides is 2. The topological polar surface area (TPSA) is 109 Å². The van der Waals surface area contributed by atoms with Crippen LogP contribution in [0.4, 0.5) is 0 Å². The summed E-state index contributed by atoms with van der Waals surface area (Å²) in [6.07, 6.45) is 7.52. The number of morpholine rings is 1. The summed E-state index contributed by atoms with van der Waals surface area (Å²) in [5.74, 6) is -2.42. The smallest absolute Gasteiger partial charge is 0.312 e. The predicted octanol–water partition coefficient (Wildman–Crippen LogP) is 2.40. The van der Waals surface area contributed by atoms with Gasteiger partial charge in [0.05, 0.1) is 44.0 Å². The fraction of sp³-hybridized carbons (Fsp3) is 0.781. The molecule has 6 atom stereocenters. The summed E-state index contributed by atoms with van der Waals surface area (Å²) in [5.41, 5.74) is -2.05. The summed E-state index contributed by atoms with van der Waals surface area (Å²) in [7, 11) is 0. The highest BCUT2D eigenvalue weighted by Crippen LogP contribution is 2.63. The van der Waals surface area contributed by atoms with Crippen LogP contribution in [0.5, 0.6) is 0 Å². The lowest BCUT2D eigenvalue weighted by atomic mass is 9.66. The van der Waals surface area contributed by atoms with Crippen LogP contribution in [0.2, 0.25) is 0 Å². The molecule has 0 radical (unpaired) electrons. The maximum absolute atomic E-state index is 14.6. The Morgan fingerprint density at radius 2 is 1.93 bits per heavy atom. The number of fused-ring (bicyclic) bond motifs is 1. The maximum atomic E-state index is 14.6. The molecule has 4 fully saturated rings. The Morgan fingerprint density at radius 1 is 1.19 bits per heavy atom. The SMILES string of the molecule is C=CCCCCOC(=O)[C@@H]1[C@H]2C(=O)N([C@@H](CO)CC(C)C)C(C(=O)N(CC=C)CCN3CCOCC3)C23CC[C@@]1(C)O3. The number of nitrogens with zero attached hydrogens (tertiary/aromatic N) is 3. The third-order valence-electron chi connectivity index (χ3n) is 9.55. The van der Waals surface area contributed by atoms with Gasteiger partial charge in [0, 0.05) is 32.7 Å². The monoisotopic (exact) mass is 589 g/mol. The van der Waals surface area contributed by atoms with Gasteiger partial charge in [-0.05, 0) is 51.4 Å². The number of esters is 1. The van der Waals surface area contributed by atoms with E-state index in [0.717, 1.165) is 25.9 Å². The maximum Gasteiger partial charge on any atom is 0.312 e. The second-order valence-corrected chi connectivity index (χ2v) is 12.9. The number of unbranched alkanes of at least 4 members (excludes halogenated alkanes) is 2. The summed E-state index contributed by atoms with van der Waals surface area (Å²) in [4.78, 5) is 48.2. The van der Waals surface area contributed by atoms with E-state index in [9.17, 15) is 19.5 Å². The zero-order valence-corrected chi connectivity index (χ0v) is 25.8. The van der Waals surface area contributed by atoms with Gasteiger partial charge in [-0.2, -0.15) is 0 Å². The first-order chi connectivity index (χ1) is 20.1. The van der Waals surface area contributed by atoms with Gasteiger partial charge in [-0.1, -0.05) is 26.0 Å². The number of allylic oxidation sites excluding steroid dienone is 1. The summed E-state index contributed by atoms with van der Waals surface area (Å²) >= 11 is 0. The number of aliphatic hydroxyl groups is 1. The molecule has 42 heavy (non-hydrogen) atoms. The molecular formula is C32H51N3O7. The Balaban J connectivity index is 1.65. The van der Waals surface area contributed by atoms with Crippen molar-refractivity contribution in [2.24, 2.45) is 17.8 Å². The molecule has 2 bridgehead atoms. The van der Waals surface area contributed by atoms with E-state index < -0.39 is 41.1 Å². The number of carbonyl (C=O) groups excluding carboxylic acids is 3. The zero-order valence-electron chi connectivity index (χ0n) is 25.8. The van der Waals surface area contributed by atoms with Crippen LogP contribution in [0.25, 0.3) is 0 Å². The van der Waals surface area contributed by atoms with E-state index in [1.807, 2.05) is 26.8 Å². The Hall–Kier alpha value is -2.27. The van der Waals surface area contributed by atoms with Crippen molar-refractivity contribution in [1.29, 1.82) is 0 Å². The molecule has 2 amide bonds. The van der Waals surface area contributed by atoms with E-state index in [0.29, 0.717) is 58.5 Å². The van der Waals surface area contributed by atoms with E-state index in [4.69, 9.17) is 14.2 Å². The molecule has 10 nitrogen and oxygen atoms in total. The van der Waals surface area contributed by atoms with Crippen molar-refractivity contribution in [2.45, 2.75) is 82.6 Å². The normalized spacial score (nSPS) is 31.3. The van der Waals surface area contributed by atoms with E-state index in [-0.39, 0.29) is 30.9 Å². The molecule has 0 aromatic heterocycles. The summed E-state index contributed by atoms with van der Waals surface area (Å²) in [6.45, 7) is 17.9. The van der Waals surface area contributed by atoms with Crippen molar-refractivity contribution < 1.29 is 33.7 Å². The molecule has 4 saturated heterocycles. The Bertz CT molecular complexity index is 999. The molecule has 0 saturated carbocycles. The van der Waals surface area contributed by atoms with Crippen LogP contribution in [0, 0.1) is 17.8 Å². The van der Waals surface area contributed by atoms with Gasteiger partial charge in [0.1, 0.15) is 17.6 Å². The highest BCUT2D eigenvalue weighted by molar-refractivity contribution is 5.98. The van der Waals surface area contributed by atoms with Gasteiger partial charge >= 0.3 is 5.97 Å². The van der Waals surface area contributed by atoms with Crippen LogP contribution >= 0.6 is 0 Å². The molecule has 10 heteroatoms. The summed E-state index contributed by atoms with van der Waals surface area (Å²) < 4.78 is 17.9. The number of hydrogen-bond acceptors (Lipinski definition) is 8. The first kappa shape index (κ1) is 32.6. The Morgan fingerprint density at radius 3 is 2.57 bits per heavy atom. The number of hydrogen-bond donors (Lipinski definition) is 1. The molecule has 4 heterocycles. The molecule has 4 rings (SSSR count). The molecule has 0 aromatic carbocycles. The zero-order chi connectivity index (χ0) is 30.5. The highest BCUT2D eigenvalue weighted by Gasteiger charge is 2.79. The summed E-state index contributed by atoms with van der Waals surface area (Å²) in [5, 5.41) is 10.5. The van der Waals surface area contributed by atoms with Gasteiger partial charge < -0.3 is 29.1 Å². The van der Waals surface area contributed by atoms with Crippen molar-refractivity contribution in [1.82, 2.24) is 14.7 Å². The van der Waals surface area contributed by atoms with Crippen LogP contribution in [-0.2, 0) is 28.6 Å². The van der Waals surface area contributed by atoms with E-state index >= 15 is 0 Å². The Kier molecular flexibility index (Phi) is 10.9. The lowest BCUT2D eigenvalue weighted by molar-refractivity contribution is -0.162. The minimum absolute atomic E-state index is 0.181. The van der Waals surface area contributed by atoms with Gasteiger partial charge in [0.2, 0.25) is 11.8 Å². The molecule has 4 aliphatic rings. The van der Waals surface area contributed by atoms with Crippen LogP contribution in [0.1, 0.15) is 59.3 Å². The van der Waals surface area contributed by atoms with Crippen LogP contribution in [0.3, 0.4) is 0 Å². The molecule has 2 unspecified atom stereocenters. The average molecular weight is 590 g/mol. The molecule has 236 valence electrons. The van der Waals surface area contributed by atoms with E-state index in [1.54, 1.807) is 15.9 Å². The van der Waals surface area contributed by atoms with Crippen molar-refractivity contribution in [3.05, 3.63) is 25.3 Å². The fourth-order valence-electron chi connectivity index (χ4n) is 7.57. The molecule has 1 N–H and O–H groups in total. The van der Waals surface area contributed by atoms with Gasteiger partial charge in [-0.3, -0.25) is 19.3 Å². The fourth-order valence-corrected chi connectivity index (χ4v) is 7.57. The number of ether oxygens (including phenoxy) is 3. The minimum Gasteiger partial charge on any atom is -0.465 e. The largest absolute Gasteiger partial charge is 0.465 e. The number of rotatable bonds is 16. The standard InChI is InChI=1S/C32H51N3O7/c1-6-8-9-10-18-41-30(39)26-25-28(37)35(24(22-36)21-23(3)4)27(32(25)12-11-31(26,5)42-32)29(38)34(13-7-2)15-14-33-16-19-40-20-17-33/h6-7,23-27,36H,1-2,8-22H2,3-5H3/t24-,25+,26+,27?,31-,32?/m1/s1. The average Bonchev–Trinajstić information content (AvgIpc) is 3.54. The molecule has 0 aromatic rings. The third kappa shape index (κ3) is 6.32. The lowest BCUT2D eigenvalue weighted by Gasteiger charge is -2.40. The molecule has 1 spiro atoms. The first-order valence-electron chi connectivity index (χ1n) is 15.7. The highest BCUT2D eigenvalue weighted by atomic mass is 16.6. The van der Waals surface area contributed by atoms with E-state index in [2.05, 4.69) is 18.1 Å². The third-order valence-corrected chi connectivity index (χ3v) is 9.55. The molecular weight excluding hydrogens is 538 g/mol. The van der Waals surface area contributed by atoms with Crippen molar-refractivity contribution in [2.75, 3.05) is 59.2 Å². The molecule has 0 aliphatic carbocycles. The van der Waals surface area contributed by atoms with Crippen LogP contribution in [0.15, 0.2) is 25.3 Å². The minimum atomic E-state index is -1.15. The number of aliphatic hydroxyl groups excluding tert-OH is 1. The predicted molar refractivity (Wildman–Crippen MR) is 158 cm³/mol. The van der Waals surface area contributed by atoms with Crippen LogP contribution < -0.4 is 0 Å². The second-order valence-electron chi connectivity index (χ2n) is 12.9. The van der Waals surface area contributed by atoms with Gasteiger partial charge in [0.15, 0.2) is 0 Å². The number of likely N-dealkylation sites (tertiary alicyclic amines) is 1. The number of carbonyl (C=O) groups is 3. The first-order valence-corrected chi connectivity index (χ1v) is 15.7. The Labute approximate surface area is 251 Å². The van der Waals surface area contributed by atoms with E-state index in [1.165, 1.54) is 0 Å². The van der Waals surface area contributed by atoms with Gasteiger partial charge in [-0.25, -0.2) is 0 Å². The lowest BCUT2D eigenvalue weighted by Crippen LogP contribution is -2.59. The van der Waals surface area contributed by atoms with Gasteiger partial charge in [-0.15, -0.1) is 13.2 Å². The van der Waals surface area contributed by atoms with Crippen LogP contribution in [-0.4, -0.2) is 120 Å². The van der Waals surface area contributed by atoms with Crippen molar-refractivity contribution in [3.63, 3.8) is 0 Å². The van der Waals surface area contributed by atoms with Crippen molar-refractivity contribution >= 4 is 17.8 Å². The van der Waals surface area contributed by atoms with Gasteiger partial charge in [0.25, 0.3) is 0 Å². The quantitative estimate of drug-likeness (QED) is 0.166. The van der Waals surface area contributed by atoms with Crippen molar-refractivity contribution in [3.8, 4) is 0 Å². The summed E-state index contributed by atoms with van der Waals surface area (Å²) in [6, 6.07) is -1.51. The molecule has 4 aliphatic heterocycles. The second kappa shape index (κ2) is 14.0.